The SMILES string of the molecule is CC1=Cc2c(-c3c(C)cc(C)cc3C)cccc2[CH]1[Hf]([Cl])([Cl])([CH]1C(C)=Cc2c(-c3c(C)cc(C)cc3C)cccc21)[SiH](C)C. The average molecular weight is 803 g/mol. The van der Waals surface area contributed by atoms with Crippen LogP contribution in [0.5, 0.6) is 0 Å². The van der Waals surface area contributed by atoms with Crippen LogP contribution in [0.2, 0.25) is 13.1 Å². The van der Waals surface area contributed by atoms with Crippen LogP contribution in [-0.2, 0) is 15.3 Å². The molecule has 0 heterocycles. The van der Waals surface area contributed by atoms with Gasteiger partial charge in [0.1, 0.15) is 0 Å². The van der Waals surface area contributed by atoms with Crippen LogP contribution in [0.15, 0.2) is 71.8 Å². The third-order valence-electron chi connectivity index (χ3n) is 10.7. The molecule has 4 aromatic carbocycles. The number of rotatable bonds is 5. The maximum absolute atomic E-state index is 8.52. The second-order valence-electron chi connectivity index (χ2n) is 14.2. The predicted molar refractivity (Wildman–Crippen MR) is 196 cm³/mol. The van der Waals surface area contributed by atoms with E-state index in [1.807, 2.05) is 0 Å². The second-order valence-corrected chi connectivity index (χ2v) is 73.5. The minimum atomic E-state index is -4.89. The molecule has 0 bridgehead atoms. The molecule has 2 aliphatic carbocycles. The van der Waals surface area contributed by atoms with Gasteiger partial charge in [0.25, 0.3) is 0 Å². The molecule has 0 aliphatic heterocycles. The standard InChI is InChI=1S/2C19H19.C2H7Si.2ClH.Hf/c2*1-12-8-14(3)19(15(4)9-12)17-7-5-6-16-10-13(2)11-18(16)17;1-3-2;;;/h2*5-11H,1-4H3;3H,1-2H3;2*1H;/q;;;;;+2/p-2. The van der Waals surface area contributed by atoms with Crippen molar-refractivity contribution in [2.45, 2.75) is 75.8 Å². The van der Waals surface area contributed by atoms with E-state index in [0.717, 1.165) is 0 Å². The molecule has 0 spiro atoms. The molecule has 0 N–H and O–H groups in total. The zero-order valence-electron chi connectivity index (χ0n) is 27.9. The van der Waals surface area contributed by atoms with Gasteiger partial charge in [-0.1, -0.05) is 0 Å². The fourth-order valence-electron chi connectivity index (χ4n) is 9.05. The first-order chi connectivity index (χ1) is 20.6. The van der Waals surface area contributed by atoms with Crippen molar-refractivity contribution in [2.75, 3.05) is 0 Å². The molecule has 0 fully saturated rings. The van der Waals surface area contributed by atoms with Crippen LogP contribution in [0.4, 0.5) is 0 Å². The molecule has 6 rings (SSSR count). The Kier molecular flexibility index (Phi) is 8.05. The van der Waals surface area contributed by atoms with Crippen LogP contribution in [-0.4, -0.2) is 5.98 Å². The summed E-state index contributed by atoms with van der Waals surface area (Å²) >= 11 is -4.89. The maximum atomic E-state index is 8.52. The van der Waals surface area contributed by atoms with Gasteiger partial charge >= 0.3 is 276 Å². The third kappa shape index (κ3) is 4.69. The van der Waals surface area contributed by atoms with Crippen LogP contribution in [0.1, 0.15) is 76.8 Å². The Balaban J connectivity index is 1.57. The topological polar surface area (TPSA) is 0 Å². The van der Waals surface area contributed by atoms with Crippen molar-refractivity contribution in [1.82, 2.24) is 0 Å². The van der Waals surface area contributed by atoms with E-state index >= 15 is 0 Å². The zero-order chi connectivity index (χ0) is 31.9. The summed E-state index contributed by atoms with van der Waals surface area (Å²) in [7, 11) is 17.0. The number of hydrogen-bond donors (Lipinski definition) is 0. The van der Waals surface area contributed by atoms with E-state index in [4.69, 9.17) is 17.2 Å². The van der Waals surface area contributed by atoms with Gasteiger partial charge < -0.3 is 0 Å². The van der Waals surface area contributed by atoms with Gasteiger partial charge in [-0.05, 0) is 0 Å². The van der Waals surface area contributed by atoms with E-state index < -0.39 is 21.3 Å². The fraction of sp³-hybridized carbons (Fsp3) is 0.300. The van der Waals surface area contributed by atoms with Crippen LogP contribution >= 0.6 is 17.2 Å². The Morgan fingerprint density at radius 1 is 0.545 bits per heavy atom. The van der Waals surface area contributed by atoms with Gasteiger partial charge in [0.05, 0.1) is 0 Å². The van der Waals surface area contributed by atoms with Crippen molar-refractivity contribution in [3.05, 3.63) is 127 Å². The first kappa shape index (κ1) is 32.0. The molecule has 2 atom stereocenters. The number of fused-ring (bicyclic) bond motifs is 2. The number of aryl methyl sites for hydroxylation is 6. The predicted octanol–water partition coefficient (Wildman–Crippen LogP) is 12.5. The van der Waals surface area contributed by atoms with Gasteiger partial charge in [0.2, 0.25) is 0 Å². The van der Waals surface area contributed by atoms with Crippen LogP contribution in [0.25, 0.3) is 34.4 Å². The van der Waals surface area contributed by atoms with Crippen molar-refractivity contribution in [3.8, 4) is 22.3 Å². The van der Waals surface area contributed by atoms with Gasteiger partial charge in [-0.25, -0.2) is 0 Å². The molecular formula is C40H45Cl2HfSi. The molecule has 4 heteroatoms. The summed E-state index contributed by atoms with van der Waals surface area (Å²) in [6.45, 7) is 22.8. The number of allylic oxidation sites excluding steroid dienone is 2. The zero-order valence-corrected chi connectivity index (χ0v) is 34.2. The summed E-state index contributed by atoms with van der Waals surface area (Å²) in [6, 6.07) is 23.0. The molecule has 2 aliphatic rings. The summed E-state index contributed by atoms with van der Waals surface area (Å²) in [5.41, 5.74) is 21.2. The number of halogens is 2. The summed E-state index contributed by atoms with van der Waals surface area (Å²) < 4.78 is 0.211. The fourth-order valence-corrected chi connectivity index (χ4v) is 55.6. The van der Waals surface area contributed by atoms with E-state index in [1.165, 1.54) is 89.0 Å². The Bertz CT molecular complexity index is 1750. The van der Waals surface area contributed by atoms with E-state index in [9.17, 15) is 0 Å². The van der Waals surface area contributed by atoms with Crippen molar-refractivity contribution < 1.29 is 15.3 Å². The molecular weight excluding hydrogens is 758 g/mol. The monoisotopic (exact) mass is 803 g/mol. The molecule has 4 aromatic rings. The number of benzene rings is 4. The Morgan fingerprint density at radius 2 is 0.886 bits per heavy atom. The normalized spacial score (nSPS) is 18.5. The second kappa shape index (κ2) is 11.1. The Labute approximate surface area is 274 Å². The minimum absolute atomic E-state index is 0.105. The van der Waals surface area contributed by atoms with E-state index in [2.05, 4.69) is 141 Å². The van der Waals surface area contributed by atoms with Gasteiger partial charge in [-0.15, -0.1) is 0 Å². The van der Waals surface area contributed by atoms with Crippen molar-refractivity contribution in [1.29, 1.82) is 0 Å². The van der Waals surface area contributed by atoms with Crippen LogP contribution < -0.4 is 0 Å². The Hall–Kier alpha value is -1.97. The molecule has 0 amide bonds. The van der Waals surface area contributed by atoms with Gasteiger partial charge in [0, 0.05) is 0 Å². The first-order valence-electron chi connectivity index (χ1n) is 16.0. The summed E-state index contributed by atoms with van der Waals surface area (Å²) in [5.74, 6) is -1.58. The summed E-state index contributed by atoms with van der Waals surface area (Å²) in [4.78, 5) is 0. The molecule has 0 radical (unpaired) electrons. The molecule has 0 aromatic heterocycles. The Morgan fingerprint density at radius 3 is 1.20 bits per heavy atom. The first-order valence-corrected chi connectivity index (χ1v) is 38.2. The summed E-state index contributed by atoms with van der Waals surface area (Å²) in [6.07, 6.45) is 4.85. The van der Waals surface area contributed by atoms with E-state index in [0.29, 0.717) is 0 Å². The van der Waals surface area contributed by atoms with Gasteiger partial charge in [0.15, 0.2) is 0 Å². The van der Waals surface area contributed by atoms with Crippen LogP contribution in [0, 0.1) is 41.5 Å². The average Bonchev–Trinajstić information content (AvgIpc) is 3.45. The molecule has 44 heavy (non-hydrogen) atoms. The molecule has 0 saturated carbocycles. The van der Waals surface area contributed by atoms with Gasteiger partial charge in [-0.3, -0.25) is 0 Å². The van der Waals surface area contributed by atoms with Crippen molar-refractivity contribution >= 4 is 35.3 Å². The molecule has 0 nitrogen and oxygen atoms in total. The summed E-state index contributed by atoms with van der Waals surface area (Å²) in [5, 5.41) is 0. The molecule has 227 valence electrons. The van der Waals surface area contributed by atoms with Crippen molar-refractivity contribution in [2.24, 2.45) is 0 Å². The van der Waals surface area contributed by atoms with Gasteiger partial charge in [-0.2, -0.15) is 0 Å². The number of hydrogen-bond acceptors (Lipinski definition) is 0. The third-order valence-corrected chi connectivity index (χ3v) is 84.1. The molecule has 2 unspecified atom stereocenters. The quantitative estimate of drug-likeness (QED) is 0.176. The van der Waals surface area contributed by atoms with E-state index in [-0.39, 0.29) is 7.35 Å². The van der Waals surface area contributed by atoms with E-state index in [1.54, 1.807) is 0 Å². The van der Waals surface area contributed by atoms with Crippen LogP contribution in [0.3, 0.4) is 0 Å². The molecule has 0 saturated heterocycles. The van der Waals surface area contributed by atoms with Crippen molar-refractivity contribution in [3.63, 3.8) is 0 Å².